The van der Waals surface area contributed by atoms with Gasteiger partial charge in [-0.1, -0.05) is 63.7 Å². The molecule has 1 saturated heterocycles. The molecule has 0 radical (unpaired) electrons. The number of nitrogens with one attached hydrogen (secondary N) is 2. The van der Waals surface area contributed by atoms with E-state index in [1.54, 1.807) is 0 Å². The van der Waals surface area contributed by atoms with E-state index in [2.05, 4.69) is 188 Å². The molecule has 1 fully saturated rings. The molecule has 1 aliphatic rings. The number of anilines is 4. The third kappa shape index (κ3) is 6.64. The van der Waals surface area contributed by atoms with E-state index in [0.29, 0.717) is 0 Å². The topological polar surface area (TPSA) is 30.5 Å². The highest BCUT2D eigenvalue weighted by molar-refractivity contribution is 9.11. The molecule has 0 atom stereocenters. The van der Waals surface area contributed by atoms with Crippen LogP contribution in [0, 0.1) is 55.4 Å². The Bertz CT molecular complexity index is 1590. The van der Waals surface area contributed by atoms with Crippen molar-refractivity contribution in [2.45, 2.75) is 55.4 Å². The van der Waals surface area contributed by atoms with Crippen LogP contribution in [0.3, 0.4) is 0 Å². The van der Waals surface area contributed by atoms with Gasteiger partial charge in [0.1, 0.15) is 0 Å². The van der Waals surface area contributed by atoms with Crippen molar-refractivity contribution in [2.75, 3.05) is 33.5 Å². The van der Waals surface area contributed by atoms with Gasteiger partial charge in [-0.3, -0.25) is 0 Å². The van der Waals surface area contributed by atoms with E-state index < -0.39 is 0 Å². The van der Waals surface area contributed by atoms with E-state index >= 15 is 0 Å². The van der Waals surface area contributed by atoms with Gasteiger partial charge in [0.2, 0.25) is 0 Å². The Labute approximate surface area is 295 Å². The smallest absolute Gasteiger partial charge is 0.155 e. The minimum atomic E-state index is 0.844. The summed E-state index contributed by atoms with van der Waals surface area (Å²) in [7, 11) is 0. The van der Waals surface area contributed by atoms with Crippen LogP contribution < -0.4 is 20.4 Å². The van der Waals surface area contributed by atoms with Crippen molar-refractivity contribution in [3.8, 4) is 0 Å². The molecule has 230 valence electrons. The number of rotatable bonds is 6. The van der Waals surface area contributed by atoms with Crippen LogP contribution in [-0.2, 0) is 0 Å². The SMILES string of the molecule is Cc1cc(Br)cc(C)c1NC(Nc1c(C)cc(Br)cc1C)=C1N(c2c(C)cc(Br)cc2C)CCN1c1c(C)cc(Br)cc1C. The highest BCUT2D eigenvalue weighted by atomic mass is 79.9. The fraction of sp³-hybridized carbons (Fsp3) is 0.278. The molecule has 0 unspecified atom stereocenters. The van der Waals surface area contributed by atoms with E-state index in [-0.39, 0.29) is 0 Å². The highest BCUT2D eigenvalue weighted by Gasteiger charge is 2.34. The maximum absolute atomic E-state index is 3.94. The Morgan fingerprint density at radius 1 is 0.455 bits per heavy atom. The third-order valence-corrected chi connectivity index (χ3v) is 10.1. The maximum Gasteiger partial charge on any atom is 0.155 e. The van der Waals surface area contributed by atoms with Crippen molar-refractivity contribution in [3.63, 3.8) is 0 Å². The minimum Gasteiger partial charge on any atom is -0.338 e. The lowest BCUT2D eigenvalue weighted by atomic mass is 10.1. The van der Waals surface area contributed by atoms with Crippen LogP contribution >= 0.6 is 63.7 Å². The minimum absolute atomic E-state index is 0.844. The zero-order valence-corrected chi connectivity index (χ0v) is 32.8. The van der Waals surface area contributed by atoms with Gasteiger partial charge in [0.05, 0.1) is 0 Å². The Kier molecular flexibility index (Phi) is 9.96. The molecule has 0 aliphatic carbocycles. The van der Waals surface area contributed by atoms with Crippen LogP contribution in [0.2, 0.25) is 0 Å². The number of nitrogens with zero attached hydrogens (tertiary/aromatic N) is 2. The van der Waals surface area contributed by atoms with Crippen molar-refractivity contribution in [1.82, 2.24) is 0 Å². The number of hydrogen-bond donors (Lipinski definition) is 2. The van der Waals surface area contributed by atoms with E-state index in [1.165, 1.54) is 55.9 Å². The summed E-state index contributed by atoms with van der Waals surface area (Å²) < 4.78 is 4.34. The lowest BCUT2D eigenvalue weighted by Gasteiger charge is -2.33. The van der Waals surface area contributed by atoms with Gasteiger partial charge >= 0.3 is 0 Å². The first-order valence-electron chi connectivity index (χ1n) is 14.7. The van der Waals surface area contributed by atoms with Gasteiger partial charge in [-0.05, 0) is 148 Å². The summed E-state index contributed by atoms with van der Waals surface area (Å²) in [6, 6.07) is 17.5. The molecular weight excluding hydrogens is 808 g/mol. The first-order valence-corrected chi connectivity index (χ1v) is 17.8. The highest BCUT2D eigenvalue weighted by Crippen LogP contribution is 2.41. The molecule has 5 rings (SSSR count). The van der Waals surface area contributed by atoms with Crippen molar-refractivity contribution >= 4 is 86.5 Å². The summed E-state index contributed by atoms with van der Waals surface area (Å²) in [5, 5.41) is 7.87. The number of hydrogen-bond acceptors (Lipinski definition) is 4. The first-order chi connectivity index (χ1) is 20.7. The largest absolute Gasteiger partial charge is 0.338 e. The van der Waals surface area contributed by atoms with Crippen molar-refractivity contribution in [1.29, 1.82) is 0 Å². The normalized spacial score (nSPS) is 13.1. The summed E-state index contributed by atoms with van der Waals surface area (Å²) in [5.74, 6) is 2.03. The second-order valence-electron chi connectivity index (χ2n) is 11.9. The standard InChI is InChI=1S/C36H38Br4N4/c1-19-11-27(37)12-20(2)31(19)41-35(42-32-21(3)13-28(38)14-22(32)4)36-43(33-23(5)15-29(39)16-24(33)6)9-10-44(36)34-25(7)17-30(40)18-26(34)8/h11-18,41-42H,9-10H2,1-8H3. The van der Waals surface area contributed by atoms with Gasteiger partial charge in [0.25, 0.3) is 0 Å². The number of benzene rings is 4. The van der Waals surface area contributed by atoms with Gasteiger partial charge in [0.15, 0.2) is 11.6 Å². The Morgan fingerprint density at radius 2 is 0.705 bits per heavy atom. The fourth-order valence-electron chi connectivity index (χ4n) is 6.53. The monoisotopic (exact) mass is 842 g/mol. The molecule has 2 N–H and O–H groups in total. The summed E-state index contributed by atoms with van der Waals surface area (Å²) in [6.45, 7) is 19.2. The molecule has 8 heteroatoms. The van der Waals surface area contributed by atoms with Gasteiger partial charge < -0.3 is 20.4 Å². The molecule has 4 nitrogen and oxygen atoms in total. The van der Waals surface area contributed by atoms with Crippen molar-refractivity contribution in [2.24, 2.45) is 0 Å². The van der Waals surface area contributed by atoms with Crippen molar-refractivity contribution in [3.05, 3.63) is 123 Å². The van der Waals surface area contributed by atoms with Gasteiger partial charge in [-0.15, -0.1) is 0 Å². The molecule has 0 saturated carbocycles. The quantitative estimate of drug-likeness (QED) is 0.202. The van der Waals surface area contributed by atoms with E-state index in [9.17, 15) is 0 Å². The van der Waals surface area contributed by atoms with Gasteiger partial charge in [-0.2, -0.15) is 0 Å². The third-order valence-electron chi connectivity index (χ3n) is 8.23. The predicted molar refractivity (Wildman–Crippen MR) is 203 cm³/mol. The molecule has 0 spiro atoms. The number of halogens is 4. The average Bonchev–Trinajstić information content (AvgIpc) is 3.29. The first kappa shape index (κ1) is 33.1. The van der Waals surface area contributed by atoms with Crippen LogP contribution in [0.5, 0.6) is 0 Å². The molecule has 4 aromatic carbocycles. The molecular formula is C36H38Br4N4. The predicted octanol–water partition coefficient (Wildman–Crippen LogP) is 11.9. The van der Waals surface area contributed by atoms with Crippen LogP contribution in [0.4, 0.5) is 22.7 Å². The summed E-state index contributed by atoms with van der Waals surface area (Å²) in [4.78, 5) is 4.97. The second kappa shape index (κ2) is 13.2. The molecule has 0 amide bonds. The Balaban J connectivity index is 1.84. The lowest BCUT2D eigenvalue weighted by molar-refractivity contribution is 1.01. The maximum atomic E-state index is 3.94. The Morgan fingerprint density at radius 3 is 0.977 bits per heavy atom. The summed E-state index contributed by atoms with van der Waals surface area (Å²) >= 11 is 14.9. The number of aryl methyl sites for hydroxylation is 8. The van der Waals surface area contributed by atoms with E-state index in [0.717, 1.165) is 54.0 Å². The van der Waals surface area contributed by atoms with Crippen LogP contribution in [0.1, 0.15) is 44.5 Å². The molecule has 4 aromatic rings. The van der Waals surface area contributed by atoms with Crippen LogP contribution in [0.15, 0.2) is 78.1 Å². The molecule has 1 aliphatic heterocycles. The van der Waals surface area contributed by atoms with E-state index in [1.807, 2.05) is 0 Å². The van der Waals surface area contributed by atoms with Crippen LogP contribution in [-0.4, -0.2) is 13.1 Å². The van der Waals surface area contributed by atoms with Gasteiger partial charge in [0, 0.05) is 53.7 Å². The molecule has 1 heterocycles. The summed E-state index contributed by atoms with van der Waals surface area (Å²) in [5.41, 5.74) is 14.2. The molecule has 44 heavy (non-hydrogen) atoms. The molecule has 0 aromatic heterocycles. The summed E-state index contributed by atoms with van der Waals surface area (Å²) in [6.07, 6.45) is 0. The second-order valence-corrected chi connectivity index (χ2v) is 15.5. The lowest BCUT2D eigenvalue weighted by Crippen LogP contribution is -2.31. The zero-order chi connectivity index (χ0) is 32.0. The van der Waals surface area contributed by atoms with Crippen LogP contribution in [0.25, 0.3) is 0 Å². The fourth-order valence-corrected chi connectivity index (χ4v) is 9.28. The average molecular weight is 846 g/mol. The van der Waals surface area contributed by atoms with Gasteiger partial charge in [-0.25, -0.2) is 0 Å². The zero-order valence-electron chi connectivity index (χ0n) is 26.4. The van der Waals surface area contributed by atoms with Crippen molar-refractivity contribution < 1.29 is 0 Å². The molecule has 0 bridgehead atoms. The van der Waals surface area contributed by atoms with E-state index in [4.69, 9.17) is 0 Å². The Hall–Kier alpha value is -2.26.